The molecule has 0 N–H and O–H groups in total. The molecule has 0 amide bonds. The molecule has 15 heavy (non-hydrogen) atoms. The molecule has 0 aromatic heterocycles. The Kier molecular flexibility index (Phi) is 3.15. The van der Waals surface area contributed by atoms with Crippen LogP contribution < -0.4 is 5.46 Å². The molecule has 0 radical (unpaired) electrons. The molecule has 0 bridgehead atoms. The second-order valence-electron chi connectivity index (χ2n) is 4.92. The van der Waals surface area contributed by atoms with E-state index in [1.807, 2.05) is 0 Å². The van der Waals surface area contributed by atoms with Gasteiger partial charge >= 0.3 is 6.92 Å². The Bertz CT molecular complexity index is 346. The molecule has 0 atom stereocenters. The summed E-state index contributed by atoms with van der Waals surface area (Å²) in [5.74, 6) is 0.784. The van der Waals surface area contributed by atoms with Crippen molar-refractivity contribution < 1.29 is 4.65 Å². The van der Waals surface area contributed by atoms with Gasteiger partial charge in [-0.2, -0.15) is 0 Å². The number of fused-ring (bicyclic) bond motifs is 1. The van der Waals surface area contributed by atoms with Gasteiger partial charge in [0.25, 0.3) is 0 Å². The third kappa shape index (κ3) is 2.43. The molecule has 0 aliphatic carbocycles. The highest BCUT2D eigenvalue weighted by molar-refractivity contribution is 6.67. The zero-order valence-electron chi connectivity index (χ0n) is 9.92. The van der Waals surface area contributed by atoms with Crippen LogP contribution in [0.5, 0.6) is 0 Å². The van der Waals surface area contributed by atoms with Gasteiger partial charge in [-0.15, -0.1) is 0 Å². The highest BCUT2D eigenvalue weighted by Gasteiger charge is 2.22. The van der Waals surface area contributed by atoms with Crippen molar-refractivity contribution in [2.75, 3.05) is 0 Å². The van der Waals surface area contributed by atoms with Crippen LogP contribution in [-0.4, -0.2) is 6.92 Å². The van der Waals surface area contributed by atoms with E-state index in [0.717, 1.165) is 12.5 Å². The van der Waals surface area contributed by atoms with Crippen LogP contribution in [0.3, 0.4) is 0 Å². The maximum atomic E-state index is 5.60. The first-order chi connectivity index (χ1) is 7.16. The van der Waals surface area contributed by atoms with E-state index < -0.39 is 0 Å². The fourth-order valence-electron chi connectivity index (χ4n) is 2.07. The topological polar surface area (TPSA) is 9.23 Å². The molecule has 1 aromatic rings. The highest BCUT2D eigenvalue weighted by atomic mass is 16.4. The van der Waals surface area contributed by atoms with Crippen molar-refractivity contribution in [3.63, 3.8) is 0 Å². The van der Waals surface area contributed by atoms with Crippen molar-refractivity contribution in [3.05, 3.63) is 29.3 Å². The SMILES string of the molecule is CB1OCc2ccc(CCC(C)C)cc21. The van der Waals surface area contributed by atoms with Crippen molar-refractivity contribution in [2.24, 2.45) is 5.92 Å². The minimum absolute atomic E-state index is 0.291. The monoisotopic (exact) mass is 202 g/mol. The lowest BCUT2D eigenvalue weighted by Crippen LogP contribution is -2.24. The number of benzene rings is 1. The fraction of sp³-hybridized carbons (Fsp3) is 0.538. The summed E-state index contributed by atoms with van der Waals surface area (Å²) < 4.78 is 5.60. The van der Waals surface area contributed by atoms with Gasteiger partial charge < -0.3 is 4.65 Å². The third-order valence-corrected chi connectivity index (χ3v) is 3.15. The average molecular weight is 202 g/mol. The molecule has 0 saturated heterocycles. The Labute approximate surface area is 93.0 Å². The van der Waals surface area contributed by atoms with E-state index in [2.05, 4.69) is 38.9 Å². The van der Waals surface area contributed by atoms with Crippen LogP contribution in [0.15, 0.2) is 18.2 Å². The van der Waals surface area contributed by atoms with Gasteiger partial charge in [0, 0.05) is 0 Å². The molecule has 80 valence electrons. The van der Waals surface area contributed by atoms with Crippen molar-refractivity contribution >= 4 is 12.4 Å². The van der Waals surface area contributed by atoms with E-state index in [4.69, 9.17) is 4.65 Å². The van der Waals surface area contributed by atoms with Crippen LogP contribution in [0.1, 0.15) is 31.4 Å². The summed E-state index contributed by atoms with van der Waals surface area (Å²) in [7, 11) is 0. The second-order valence-corrected chi connectivity index (χ2v) is 4.92. The number of hydrogen-bond acceptors (Lipinski definition) is 1. The maximum Gasteiger partial charge on any atom is 0.324 e. The fourth-order valence-corrected chi connectivity index (χ4v) is 2.07. The zero-order valence-corrected chi connectivity index (χ0v) is 9.92. The standard InChI is InChI=1S/C13H19BO/c1-10(2)4-5-11-6-7-12-9-15-14(3)13(12)8-11/h6-8,10H,4-5,9H2,1-3H3. The number of aryl methyl sites for hydroxylation is 1. The summed E-state index contributed by atoms with van der Waals surface area (Å²) >= 11 is 0. The van der Waals surface area contributed by atoms with Gasteiger partial charge in [0.1, 0.15) is 0 Å². The van der Waals surface area contributed by atoms with E-state index in [9.17, 15) is 0 Å². The van der Waals surface area contributed by atoms with Gasteiger partial charge in [0.2, 0.25) is 0 Å². The lowest BCUT2D eigenvalue weighted by Gasteiger charge is -2.07. The predicted molar refractivity (Wildman–Crippen MR) is 65.6 cm³/mol. The van der Waals surface area contributed by atoms with Crippen LogP contribution >= 0.6 is 0 Å². The van der Waals surface area contributed by atoms with Crippen LogP contribution in [0, 0.1) is 5.92 Å². The van der Waals surface area contributed by atoms with Crippen LogP contribution in [0.2, 0.25) is 6.82 Å². The minimum atomic E-state index is 0.291. The van der Waals surface area contributed by atoms with Gasteiger partial charge in [-0.3, -0.25) is 0 Å². The van der Waals surface area contributed by atoms with Crippen LogP contribution in [0.25, 0.3) is 0 Å². The Morgan fingerprint density at radius 3 is 2.93 bits per heavy atom. The largest absolute Gasteiger partial charge is 0.427 e. The Morgan fingerprint density at radius 2 is 2.20 bits per heavy atom. The molecule has 2 rings (SSSR count). The molecular formula is C13H19BO. The second kappa shape index (κ2) is 4.40. The highest BCUT2D eigenvalue weighted by Crippen LogP contribution is 2.14. The van der Waals surface area contributed by atoms with Gasteiger partial charge in [-0.1, -0.05) is 38.9 Å². The molecule has 0 unspecified atom stereocenters. The molecule has 2 heteroatoms. The van der Waals surface area contributed by atoms with Crippen LogP contribution in [-0.2, 0) is 17.7 Å². The van der Waals surface area contributed by atoms with Gasteiger partial charge in [-0.05, 0) is 35.3 Å². The summed E-state index contributed by atoms with van der Waals surface area (Å²) in [6.07, 6.45) is 2.46. The molecule has 0 fully saturated rings. The first kappa shape index (κ1) is 10.8. The minimum Gasteiger partial charge on any atom is -0.427 e. The molecule has 1 aliphatic rings. The van der Waals surface area contributed by atoms with E-state index in [0.29, 0.717) is 6.92 Å². The summed E-state index contributed by atoms with van der Waals surface area (Å²) in [4.78, 5) is 0. The molecule has 0 saturated carbocycles. The first-order valence-electron chi connectivity index (χ1n) is 5.90. The van der Waals surface area contributed by atoms with Gasteiger partial charge in [0.05, 0.1) is 6.61 Å². The number of hydrogen-bond donors (Lipinski definition) is 0. The van der Waals surface area contributed by atoms with Crippen molar-refractivity contribution in [1.29, 1.82) is 0 Å². The first-order valence-corrected chi connectivity index (χ1v) is 5.90. The van der Waals surface area contributed by atoms with E-state index in [1.165, 1.54) is 29.4 Å². The molecule has 1 aliphatic heterocycles. The Hall–Kier alpha value is -0.755. The smallest absolute Gasteiger partial charge is 0.324 e. The summed E-state index contributed by atoms with van der Waals surface area (Å²) in [5, 5.41) is 0. The lowest BCUT2D eigenvalue weighted by molar-refractivity contribution is 0.333. The summed E-state index contributed by atoms with van der Waals surface area (Å²) in [5.41, 5.74) is 4.23. The number of rotatable bonds is 3. The summed E-state index contributed by atoms with van der Waals surface area (Å²) in [6, 6.07) is 6.81. The maximum absolute atomic E-state index is 5.60. The zero-order chi connectivity index (χ0) is 10.8. The lowest BCUT2D eigenvalue weighted by atomic mass is 9.64. The molecule has 0 spiro atoms. The molecular weight excluding hydrogens is 183 g/mol. The normalized spacial score (nSPS) is 14.8. The van der Waals surface area contributed by atoms with Crippen molar-refractivity contribution in [2.45, 2.75) is 40.1 Å². The molecule has 1 aromatic carbocycles. The van der Waals surface area contributed by atoms with Gasteiger partial charge in [0.15, 0.2) is 0 Å². The quantitative estimate of drug-likeness (QED) is 0.684. The summed E-state index contributed by atoms with van der Waals surface area (Å²) in [6.45, 7) is 7.77. The van der Waals surface area contributed by atoms with Crippen LogP contribution in [0.4, 0.5) is 0 Å². The van der Waals surface area contributed by atoms with Gasteiger partial charge in [-0.25, -0.2) is 0 Å². The van der Waals surface area contributed by atoms with E-state index >= 15 is 0 Å². The third-order valence-electron chi connectivity index (χ3n) is 3.15. The van der Waals surface area contributed by atoms with E-state index in [-0.39, 0.29) is 0 Å². The van der Waals surface area contributed by atoms with Crippen molar-refractivity contribution in [1.82, 2.24) is 0 Å². The molecule has 1 nitrogen and oxygen atoms in total. The molecule has 1 heterocycles. The van der Waals surface area contributed by atoms with Crippen molar-refractivity contribution in [3.8, 4) is 0 Å². The Balaban J connectivity index is 2.11. The van der Waals surface area contributed by atoms with E-state index in [1.54, 1.807) is 0 Å². The Morgan fingerprint density at radius 1 is 1.40 bits per heavy atom. The predicted octanol–water partition coefficient (Wildman–Crippen LogP) is 2.63. The average Bonchev–Trinajstić information content (AvgIpc) is 2.57.